The number of carbonyl (C=O) groups excluding carboxylic acids is 1. The number of aryl methyl sites for hydroxylation is 1. The number of benzene rings is 1. The summed E-state index contributed by atoms with van der Waals surface area (Å²) in [5.74, 6) is 1.27. The third-order valence-electron chi connectivity index (χ3n) is 5.28. The quantitative estimate of drug-likeness (QED) is 0.845. The molecule has 2 aromatic rings. The summed E-state index contributed by atoms with van der Waals surface area (Å²) < 4.78 is 2.25. The number of likely N-dealkylation sites (tertiary alicyclic amines) is 1. The molecule has 0 saturated carbocycles. The van der Waals surface area contributed by atoms with Gasteiger partial charge in [-0.3, -0.25) is 4.79 Å². The lowest BCUT2D eigenvalue weighted by atomic mass is 9.96. The van der Waals surface area contributed by atoms with E-state index in [9.17, 15) is 4.79 Å². The lowest BCUT2D eigenvalue weighted by Crippen LogP contribution is -2.48. The number of nitrogens with zero attached hydrogens (tertiary/aromatic N) is 3. The Balaban J connectivity index is 1.84. The maximum atomic E-state index is 12.8. The molecule has 0 spiro atoms. The van der Waals surface area contributed by atoms with Crippen molar-refractivity contribution in [3.63, 3.8) is 0 Å². The van der Waals surface area contributed by atoms with Gasteiger partial charge in [-0.25, -0.2) is 4.98 Å². The van der Waals surface area contributed by atoms with Crippen molar-refractivity contribution in [1.82, 2.24) is 14.5 Å². The van der Waals surface area contributed by atoms with Crippen LogP contribution in [0.4, 0.5) is 0 Å². The van der Waals surface area contributed by atoms with Gasteiger partial charge in [0.2, 0.25) is 5.91 Å². The van der Waals surface area contributed by atoms with Crippen LogP contribution in [0.5, 0.6) is 0 Å². The van der Waals surface area contributed by atoms with E-state index < -0.39 is 0 Å². The Morgan fingerprint density at radius 2 is 1.92 bits per heavy atom. The Hall–Kier alpha value is -1.84. The Kier molecular flexibility index (Phi) is 4.66. The molecule has 1 fully saturated rings. The van der Waals surface area contributed by atoms with Crippen LogP contribution in [-0.4, -0.2) is 32.4 Å². The first-order valence-corrected chi connectivity index (χ1v) is 9.17. The molecule has 2 heterocycles. The first-order valence-electron chi connectivity index (χ1n) is 9.17. The summed E-state index contributed by atoms with van der Waals surface area (Å²) in [4.78, 5) is 19.6. The van der Waals surface area contributed by atoms with Crippen LogP contribution in [0.1, 0.15) is 64.4 Å². The first kappa shape index (κ1) is 17.0. The van der Waals surface area contributed by atoms with Crippen LogP contribution in [0.2, 0.25) is 0 Å². The molecule has 2 atom stereocenters. The van der Waals surface area contributed by atoms with E-state index in [4.69, 9.17) is 0 Å². The number of imidazole rings is 1. The van der Waals surface area contributed by atoms with E-state index in [2.05, 4.69) is 60.3 Å². The average molecular weight is 327 g/mol. The molecule has 1 aliphatic heterocycles. The summed E-state index contributed by atoms with van der Waals surface area (Å²) in [5, 5.41) is 0. The Labute approximate surface area is 144 Å². The number of carbonyl (C=O) groups is 1. The molecule has 24 heavy (non-hydrogen) atoms. The fraction of sp³-hybridized carbons (Fsp3) is 0.600. The second-order valence-corrected chi connectivity index (χ2v) is 7.55. The molecule has 3 rings (SSSR count). The van der Waals surface area contributed by atoms with Crippen molar-refractivity contribution in [2.24, 2.45) is 0 Å². The van der Waals surface area contributed by atoms with Gasteiger partial charge in [-0.1, -0.05) is 6.07 Å². The highest BCUT2D eigenvalue weighted by Crippen LogP contribution is 2.25. The minimum Gasteiger partial charge on any atom is -0.337 e. The number of piperidine rings is 1. The van der Waals surface area contributed by atoms with Gasteiger partial charge in [0.25, 0.3) is 0 Å². The van der Waals surface area contributed by atoms with Crippen molar-refractivity contribution in [2.45, 2.75) is 78.4 Å². The molecule has 1 aromatic carbocycles. The van der Waals surface area contributed by atoms with Crippen LogP contribution >= 0.6 is 0 Å². The maximum absolute atomic E-state index is 12.8. The van der Waals surface area contributed by atoms with Gasteiger partial charge in [0, 0.05) is 18.1 Å². The summed E-state index contributed by atoms with van der Waals surface area (Å²) in [5.41, 5.74) is 3.20. The highest BCUT2D eigenvalue weighted by molar-refractivity contribution is 5.82. The predicted octanol–water partition coefficient (Wildman–Crippen LogP) is 4.26. The molecule has 1 saturated heterocycles. The van der Waals surface area contributed by atoms with Gasteiger partial charge in [-0.15, -0.1) is 0 Å². The standard InChI is InChI=1S/C20H29N3O/c1-13(2)22-16(5)21-18-11-17(9-10-19(18)22)12-20(24)23-14(3)7-6-8-15(23)4/h9-11,13-15H,6-8,12H2,1-5H3. The van der Waals surface area contributed by atoms with Crippen molar-refractivity contribution in [3.8, 4) is 0 Å². The molecular weight excluding hydrogens is 298 g/mol. The van der Waals surface area contributed by atoms with E-state index in [1.807, 2.05) is 6.92 Å². The fourth-order valence-electron chi connectivity index (χ4n) is 4.21. The third kappa shape index (κ3) is 3.06. The molecule has 1 aliphatic rings. The number of hydrogen-bond donors (Lipinski definition) is 0. The number of rotatable bonds is 3. The van der Waals surface area contributed by atoms with Gasteiger partial charge < -0.3 is 9.47 Å². The Morgan fingerprint density at radius 3 is 2.54 bits per heavy atom. The SMILES string of the molecule is Cc1nc2cc(CC(=O)N3C(C)CCCC3C)ccc2n1C(C)C. The lowest BCUT2D eigenvalue weighted by molar-refractivity contribution is -0.136. The molecule has 1 aromatic heterocycles. The lowest BCUT2D eigenvalue weighted by Gasteiger charge is -2.39. The normalized spacial score (nSPS) is 21.7. The minimum absolute atomic E-state index is 0.245. The van der Waals surface area contributed by atoms with Crippen molar-refractivity contribution in [2.75, 3.05) is 0 Å². The van der Waals surface area contributed by atoms with Crippen molar-refractivity contribution in [1.29, 1.82) is 0 Å². The largest absolute Gasteiger partial charge is 0.337 e. The van der Waals surface area contributed by atoms with E-state index in [0.29, 0.717) is 24.5 Å². The predicted molar refractivity (Wildman–Crippen MR) is 98.2 cm³/mol. The maximum Gasteiger partial charge on any atom is 0.227 e. The number of fused-ring (bicyclic) bond motifs is 1. The van der Waals surface area contributed by atoms with Gasteiger partial charge in [0.1, 0.15) is 5.82 Å². The average Bonchev–Trinajstić information content (AvgIpc) is 2.82. The molecule has 0 N–H and O–H groups in total. The smallest absolute Gasteiger partial charge is 0.227 e. The fourth-order valence-corrected chi connectivity index (χ4v) is 4.21. The van der Waals surface area contributed by atoms with Gasteiger partial charge in [-0.2, -0.15) is 0 Å². The van der Waals surface area contributed by atoms with Crippen LogP contribution in [0.3, 0.4) is 0 Å². The highest BCUT2D eigenvalue weighted by atomic mass is 16.2. The van der Waals surface area contributed by atoms with Crippen molar-refractivity contribution in [3.05, 3.63) is 29.6 Å². The van der Waals surface area contributed by atoms with Gasteiger partial charge in [0.05, 0.1) is 17.5 Å². The molecular formula is C20H29N3O. The first-order chi connectivity index (χ1) is 11.4. The second kappa shape index (κ2) is 6.58. The van der Waals surface area contributed by atoms with Crippen molar-refractivity contribution >= 4 is 16.9 Å². The molecule has 0 aliphatic carbocycles. The minimum atomic E-state index is 0.245. The molecule has 130 valence electrons. The molecule has 2 unspecified atom stereocenters. The van der Waals surface area contributed by atoms with E-state index in [0.717, 1.165) is 35.3 Å². The molecule has 0 bridgehead atoms. The second-order valence-electron chi connectivity index (χ2n) is 7.55. The molecule has 1 amide bonds. The molecule has 4 nitrogen and oxygen atoms in total. The van der Waals surface area contributed by atoms with E-state index >= 15 is 0 Å². The molecule has 0 radical (unpaired) electrons. The summed E-state index contributed by atoms with van der Waals surface area (Å²) in [6.07, 6.45) is 3.93. The summed E-state index contributed by atoms with van der Waals surface area (Å²) >= 11 is 0. The van der Waals surface area contributed by atoms with E-state index in [-0.39, 0.29) is 5.91 Å². The van der Waals surface area contributed by atoms with Crippen LogP contribution in [-0.2, 0) is 11.2 Å². The number of aromatic nitrogens is 2. The van der Waals surface area contributed by atoms with Crippen molar-refractivity contribution < 1.29 is 4.79 Å². The Bertz CT molecular complexity index is 737. The topological polar surface area (TPSA) is 38.1 Å². The monoisotopic (exact) mass is 327 g/mol. The zero-order valence-corrected chi connectivity index (χ0v) is 15.5. The number of amides is 1. The van der Waals surface area contributed by atoms with Gasteiger partial charge in [0.15, 0.2) is 0 Å². The number of hydrogen-bond acceptors (Lipinski definition) is 2. The van der Waals surface area contributed by atoms with E-state index in [1.54, 1.807) is 0 Å². The van der Waals surface area contributed by atoms with E-state index in [1.165, 1.54) is 6.42 Å². The highest BCUT2D eigenvalue weighted by Gasteiger charge is 2.28. The van der Waals surface area contributed by atoms with Crippen LogP contribution in [0, 0.1) is 6.92 Å². The van der Waals surface area contributed by atoms with Crippen LogP contribution < -0.4 is 0 Å². The summed E-state index contributed by atoms with van der Waals surface area (Å²) in [6, 6.07) is 7.37. The summed E-state index contributed by atoms with van der Waals surface area (Å²) in [6.45, 7) is 10.7. The van der Waals surface area contributed by atoms with Gasteiger partial charge in [-0.05, 0) is 71.6 Å². The third-order valence-corrected chi connectivity index (χ3v) is 5.28. The summed E-state index contributed by atoms with van der Waals surface area (Å²) in [7, 11) is 0. The van der Waals surface area contributed by atoms with Gasteiger partial charge >= 0.3 is 0 Å². The molecule has 4 heteroatoms. The zero-order chi connectivity index (χ0) is 17.4. The van der Waals surface area contributed by atoms with Crippen LogP contribution in [0.25, 0.3) is 11.0 Å². The Morgan fingerprint density at radius 1 is 1.25 bits per heavy atom. The zero-order valence-electron chi connectivity index (χ0n) is 15.5. The van der Waals surface area contributed by atoms with Crippen LogP contribution in [0.15, 0.2) is 18.2 Å².